The standard InChI is InChI=1S/C20H28N2O4/c1-24-16-12-14(13-17(25-2)19(16)26-3)18-15-6-4-5-7-20(15,23)8-10-22(18)11-9-21/h12-13,15,18,23H,4-8,10-11H2,1-3H3/p+1/t15-,18+,20+/m1/s1. The van der Waals surface area contributed by atoms with Crippen LogP contribution < -0.4 is 19.1 Å². The Morgan fingerprint density at radius 2 is 1.85 bits per heavy atom. The van der Waals surface area contributed by atoms with Crippen LogP contribution in [0.2, 0.25) is 0 Å². The summed E-state index contributed by atoms with van der Waals surface area (Å²) in [6, 6.07) is 6.31. The van der Waals surface area contributed by atoms with Crippen molar-refractivity contribution in [3.05, 3.63) is 17.7 Å². The third kappa shape index (κ3) is 3.22. The number of nitriles is 1. The third-order valence-electron chi connectivity index (χ3n) is 6.14. The van der Waals surface area contributed by atoms with Crippen molar-refractivity contribution in [1.29, 1.82) is 5.26 Å². The number of rotatable bonds is 5. The largest absolute Gasteiger partial charge is 0.493 e. The van der Waals surface area contributed by atoms with Gasteiger partial charge in [-0.15, -0.1) is 0 Å². The van der Waals surface area contributed by atoms with Crippen LogP contribution in [0, 0.1) is 17.2 Å². The predicted molar refractivity (Wildman–Crippen MR) is 96.7 cm³/mol. The molecular formula is C20H29N2O4+. The van der Waals surface area contributed by atoms with E-state index in [4.69, 9.17) is 14.2 Å². The first-order valence-corrected chi connectivity index (χ1v) is 9.31. The summed E-state index contributed by atoms with van der Waals surface area (Å²) in [5.74, 6) is 1.93. The molecule has 0 amide bonds. The van der Waals surface area contributed by atoms with E-state index >= 15 is 0 Å². The normalized spacial score (nSPS) is 30.8. The van der Waals surface area contributed by atoms with Crippen molar-refractivity contribution in [2.24, 2.45) is 5.92 Å². The molecule has 1 aromatic carbocycles. The molecule has 3 rings (SSSR count). The van der Waals surface area contributed by atoms with Crippen LogP contribution in [0.15, 0.2) is 12.1 Å². The average Bonchev–Trinajstić information content (AvgIpc) is 2.66. The Morgan fingerprint density at radius 1 is 1.15 bits per heavy atom. The molecular weight excluding hydrogens is 332 g/mol. The van der Waals surface area contributed by atoms with Crippen molar-refractivity contribution in [3.63, 3.8) is 0 Å². The van der Waals surface area contributed by atoms with E-state index in [1.807, 2.05) is 12.1 Å². The highest BCUT2D eigenvalue weighted by Gasteiger charge is 2.51. The van der Waals surface area contributed by atoms with Gasteiger partial charge in [0.05, 0.1) is 33.5 Å². The van der Waals surface area contributed by atoms with E-state index in [0.29, 0.717) is 23.8 Å². The lowest BCUT2D eigenvalue weighted by molar-refractivity contribution is -0.938. The maximum absolute atomic E-state index is 11.3. The van der Waals surface area contributed by atoms with Crippen LogP contribution in [0.1, 0.15) is 43.7 Å². The molecule has 0 aromatic heterocycles. The van der Waals surface area contributed by atoms with Gasteiger partial charge in [-0.25, -0.2) is 0 Å². The van der Waals surface area contributed by atoms with Gasteiger partial charge in [0, 0.05) is 17.9 Å². The van der Waals surface area contributed by atoms with E-state index in [1.54, 1.807) is 21.3 Å². The summed E-state index contributed by atoms with van der Waals surface area (Å²) in [7, 11) is 4.81. The molecule has 26 heavy (non-hydrogen) atoms. The Balaban J connectivity index is 2.08. The number of ether oxygens (including phenoxy) is 3. The summed E-state index contributed by atoms with van der Waals surface area (Å²) in [5, 5.41) is 20.6. The molecule has 1 unspecified atom stereocenters. The lowest BCUT2D eigenvalue weighted by atomic mass is 9.66. The molecule has 1 heterocycles. The van der Waals surface area contributed by atoms with Crippen molar-refractivity contribution in [2.75, 3.05) is 34.4 Å². The summed E-state index contributed by atoms with van der Waals surface area (Å²) in [6.07, 6.45) is 4.77. The molecule has 6 heteroatoms. The maximum atomic E-state index is 11.3. The molecule has 142 valence electrons. The second kappa shape index (κ2) is 7.73. The van der Waals surface area contributed by atoms with Crippen LogP contribution in [0.25, 0.3) is 0 Å². The molecule has 1 saturated carbocycles. The number of hydrogen-bond donors (Lipinski definition) is 2. The molecule has 0 spiro atoms. The first-order valence-electron chi connectivity index (χ1n) is 9.31. The van der Waals surface area contributed by atoms with Crippen LogP contribution in [0.3, 0.4) is 0 Å². The number of nitrogens with zero attached hydrogens (tertiary/aromatic N) is 1. The molecule has 1 saturated heterocycles. The number of benzene rings is 1. The molecule has 1 aliphatic carbocycles. The summed E-state index contributed by atoms with van der Waals surface area (Å²) in [4.78, 5) is 1.21. The molecule has 2 N–H and O–H groups in total. The second-order valence-electron chi connectivity index (χ2n) is 7.39. The van der Waals surface area contributed by atoms with Crippen LogP contribution in [0.5, 0.6) is 17.2 Å². The molecule has 6 nitrogen and oxygen atoms in total. The van der Waals surface area contributed by atoms with Gasteiger partial charge in [-0.05, 0) is 25.0 Å². The first-order chi connectivity index (χ1) is 12.6. The van der Waals surface area contributed by atoms with Crippen molar-refractivity contribution in [1.82, 2.24) is 0 Å². The smallest absolute Gasteiger partial charge is 0.203 e. The number of hydrogen-bond acceptors (Lipinski definition) is 5. The molecule has 4 atom stereocenters. The van der Waals surface area contributed by atoms with Crippen LogP contribution in [-0.4, -0.2) is 45.1 Å². The highest BCUT2D eigenvalue weighted by atomic mass is 16.5. The highest BCUT2D eigenvalue weighted by Crippen LogP contribution is 2.47. The number of likely N-dealkylation sites (tertiary alicyclic amines) is 1. The summed E-state index contributed by atoms with van der Waals surface area (Å²) >= 11 is 0. The van der Waals surface area contributed by atoms with Gasteiger partial charge in [-0.1, -0.05) is 12.8 Å². The summed E-state index contributed by atoms with van der Waals surface area (Å²) < 4.78 is 16.5. The minimum absolute atomic E-state index is 0.0439. The van der Waals surface area contributed by atoms with Crippen molar-refractivity contribution < 1.29 is 24.2 Å². The van der Waals surface area contributed by atoms with Crippen LogP contribution in [0.4, 0.5) is 0 Å². The average molecular weight is 361 g/mol. The molecule has 0 bridgehead atoms. The Labute approximate surface area is 155 Å². The first kappa shape index (κ1) is 18.8. The number of piperidine rings is 1. The van der Waals surface area contributed by atoms with E-state index in [2.05, 4.69) is 6.07 Å². The monoisotopic (exact) mass is 361 g/mol. The minimum Gasteiger partial charge on any atom is -0.493 e. The lowest BCUT2D eigenvalue weighted by Crippen LogP contribution is -3.15. The van der Waals surface area contributed by atoms with Gasteiger partial charge >= 0.3 is 0 Å². The van der Waals surface area contributed by atoms with Crippen LogP contribution >= 0.6 is 0 Å². The number of methoxy groups -OCH3 is 3. The molecule has 2 fully saturated rings. The topological polar surface area (TPSA) is 76.2 Å². The Bertz CT molecular complexity index is 662. The van der Waals surface area contributed by atoms with Crippen LogP contribution in [-0.2, 0) is 0 Å². The zero-order chi connectivity index (χ0) is 18.7. The Kier molecular flexibility index (Phi) is 5.59. The minimum atomic E-state index is -0.637. The maximum Gasteiger partial charge on any atom is 0.203 e. The van der Waals surface area contributed by atoms with Gasteiger partial charge in [0.2, 0.25) is 5.75 Å². The van der Waals surface area contributed by atoms with E-state index in [-0.39, 0.29) is 12.0 Å². The Hall–Kier alpha value is -1.97. The highest BCUT2D eigenvalue weighted by molar-refractivity contribution is 5.54. The number of nitrogens with one attached hydrogen (secondary N) is 1. The second-order valence-corrected chi connectivity index (χ2v) is 7.39. The van der Waals surface area contributed by atoms with Gasteiger partial charge < -0.3 is 24.2 Å². The van der Waals surface area contributed by atoms with Gasteiger partial charge in [-0.3, -0.25) is 0 Å². The van der Waals surface area contributed by atoms with E-state index in [0.717, 1.165) is 44.2 Å². The van der Waals surface area contributed by atoms with Crippen molar-refractivity contribution in [3.8, 4) is 23.3 Å². The fourth-order valence-corrected chi connectivity index (χ4v) is 4.90. The zero-order valence-corrected chi connectivity index (χ0v) is 15.9. The molecule has 0 radical (unpaired) electrons. The number of fused-ring (bicyclic) bond motifs is 1. The van der Waals surface area contributed by atoms with Gasteiger partial charge in [-0.2, -0.15) is 5.26 Å². The van der Waals surface area contributed by atoms with Gasteiger partial charge in [0.1, 0.15) is 12.1 Å². The van der Waals surface area contributed by atoms with Gasteiger partial charge in [0.25, 0.3) is 0 Å². The fourth-order valence-electron chi connectivity index (χ4n) is 4.90. The number of aliphatic hydroxyl groups is 1. The SMILES string of the molecule is COc1cc([C@H]2[C@H]3CCCC[C@]3(O)CC[NH+]2CC#N)cc(OC)c1OC. The van der Waals surface area contributed by atoms with E-state index in [9.17, 15) is 10.4 Å². The molecule has 1 aliphatic heterocycles. The van der Waals surface area contributed by atoms with E-state index in [1.165, 1.54) is 4.90 Å². The lowest BCUT2D eigenvalue weighted by Gasteiger charge is -2.49. The zero-order valence-electron chi connectivity index (χ0n) is 15.9. The van der Waals surface area contributed by atoms with Crippen molar-refractivity contribution in [2.45, 2.75) is 43.7 Å². The molecule has 1 aromatic rings. The van der Waals surface area contributed by atoms with Crippen molar-refractivity contribution >= 4 is 0 Å². The Morgan fingerprint density at radius 3 is 2.42 bits per heavy atom. The molecule has 2 aliphatic rings. The fraction of sp³-hybridized carbons (Fsp3) is 0.650. The predicted octanol–water partition coefficient (Wildman–Crippen LogP) is 1.49. The summed E-state index contributed by atoms with van der Waals surface area (Å²) in [6.45, 7) is 1.22. The quantitative estimate of drug-likeness (QED) is 0.777. The van der Waals surface area contributed by atoms with Gasteiger partial charge in [0.15, 0.2) is 18.0 Å². The third-order valence-corrected chi connectivity index (χ3v) is 6.14. The summed E-state index contributed by atoms with van der Waals surface area (Å²) in [5.41, 5.74) is 0.400. The van der Waals surface area contributed by atoms with E-state index < -0.39 is 5.60 Å². The number of quaternary nitrogens is 1.